The fourth-order valence-corrected chi connectivity index (χ4v) is 4.68. The van der Waals surface area contributed by atoms with Crippen LogP contribution in [-0.2, 0) is 14.8 Å². The molecule has 0 aliphatic carbocycles. The number of hydrogen-bond donors (Lipinski definition) is 2. The van der Waals surface area contributed by atoms with Crippen molar-refractivity contribution in [1.29, 1.82) is 0 Å². The van der Waals surface area contributed by atoms with Gasteiger partial charge in [-0.15, -0.1) is 0 Å². The summed E-state index contributed by atoms with van der Waals surface area (Å²) >= 11 is 0. The second kappa shape index (κ2) is 6.91. The molecule has 1 atom stereocenters. The van der Waals surface area contributed by atoms with Crippen LogP contribution in [0.4, 0.5) is 0 Å². The van der Waals surface area contributed by atoms with Gasteiger partial charge in [-0.1, -0.05) is 5.16 Å². The van der Waals surface area contributed by atoms with Crippen molar-refractivity contribution in [1.82, 2.24) is 9.21 Å². The smallest absolute Gasteiger partial charge is 0.217 e. The third-order valence-corrected chi connectivity index (χ3v) is 6.71. The van der Waals surface area contributed by atoms with Gasteiger partial charge in [0.25, 0.3) is 0 Å². The first-order valence-corrected chi connectivity index (χ1v) is 8.75. The molecule has 0 aromatic rings. The lowest BCUT2D eigenvalue weighted by Gasteiger charge is -2.38. The van der Waals surface area contributed by atoms with E-state index in [1.54, 1.807) is 4.31 Å². The molecule has 21 heavy (non-hydrogen) atoms. The van der Waals surface area contributed by atoms with E-state index in [0.717, 1.165) is 0 Å². The van der Waals surface area contributed by atoms with Gasteiger partial charge in [-0.2, -0.15) is 4.31 Å². The molecule has 2 saturated heterocycles. The van der Waals surface area contributed by atoms with Crippen molar-refractivity contribution in [3.05, 3.63) is 0 Å². The van der Waals surface area contributed by atoms with Crippen LogP contribution in [-0.4, -0.2) is 79.4 Å². The molecule has 3 N–H and O–H groups in total. The van der Waals surface area contributed by atoms with Crippen LogP contribution in [0.15, 0.2) is 5.16 Å². The zero-order valence-corrected chi connectivity index (χ0v) is 13.1. The minimum absolute atomic E-state index is 0.149. The number of nitrogens with two attached hydrogens (primary N) is 1. The Kier molecular flexibility index (Phi) is 5.42. The third-order valence-electron chi connectivity index (χ3n) is 4.31. The van der Waals surface area contributed by atoms with Crippen molar-refractivity contribution in [3.63, 3.8) is 0 Å². The minimum Gasteiger partial charge on any atom is -0.409 e. The second-order valence-electron chi connectivity index (χ2n) is 5.49. The van der Waals surface area contributed by atoms with Crippen molar-refractivity contribution in [3.8, 4) is 0 Å². The van der Waals surface area contributed by atoms with E-state index >= 15 is 0 Å². The lowest BCUT2D eigenvalue weighted by Crippen LogP contribution is -2.55. The Morgan fingerprint density at radius 3 is 2.38 bits per heavy atom. The van der Waals surface area contributed by atoms with Crippen molar-refractivity contribution in [2.45, 2.75) is 31.1 Å². The standard InChI is InChI=1S/C12H24N4O4S/c1-10(12(13)14-17)15-4-6-16(7-5-15)21(18,19)11-2-8-20-9-3-11/h10-11,17H,2-9H2,1H3,(H2,13,14). The number of oxime groups is 1. The van der Waals surface area contributed by atoms with E-state index < -0.39 is 10.0 Å². The molecule has 2 heterocycles. The van der Waals surface area contributed by atoms with E-state index in [9.17, 15) is 8.42 Å². The topological polar surface area (TPSA) is 108 Å². The zero-order chi connectivity index (χ0) is 15.5. The van der Waals surface area contributed by atoms with Crippen LogP contribution in [0.3, 0.4) is 0 Å². The normalized spacial score (nSPS) is 25.9. The highest BCUT2D eigenvalue weighted by Gasteiger charge is 2.36. The molecule has 0 spiro atoms. The molecule has 2 rings (SSSR count). The van der Waals surface area contributed by atoms with Crippen LogP contribution in [0.2, 0.25) is 0 Å². The lowest BCUT2D eigenvalue weighted by molar-refractivity contribution is 0.0960. The Labute approximate surface area is 125 Å². The van der Waals surface area contributed by atoms with Crippen LogP contribution in [0.5, 0.6) is 0 Å². The lowest BCUT2D eigenvalue weighted by atomic mass is 10.2. The molecular formula is C12H24N4O4S. The fourth-order valence-electron chi connectivity index (χ4n) is 2.80. The first-order chi connectivity index (χ1) is 9.96. The molecule has 0 aromatic heterocycles. The molecule has 0 amide bonds. The summed E-state index contributed by atoms with van der Waals surface area (Å²) in [6.07, 6.45) is 1.14. The number of ether oxygens (including phenoxy) is 1. The maximum absolute atomic E-state index is 12.6. The van der Waals surface area contributed by atoms with E-state index in [0.29, 0.717) is 52.2 Å². The van der Waals surface area contributed by atoms with Gasteiger partial charge < -0.3 is 15.7 Å². The Bertz CT molecular complexity index is 468. The molecule has 122 valence electrons. The molecule has 9 heteroatoms. The van der Waals surface area contributed by atoms with Gasteiger partial charge in [0.1, 0.15) is 0 Å². The third kappa shape index (κ3) is 3.65. The predicted octanol–water partition coefficient (Wildman–Crippen LogP) is -0.752. The van der Waals surface area contributed by atoms with Crippen molar-refractivity contribution in [2.75, 3.05) is 39.4 Å². The van der Waals surface area contributed by atoms with Gasteiger partial charge in [-0.3, -0.25) is 4.90 Å². The Morgan fingerprint density at radius 1 is 1.29 bits per heavy atom. The fraction of sp³-hybridized carbons (Fsp3) is 0.917. The van der Waals surface area contributed by atoms with E-state index in [-0.39, 0.29) is 17.1 Å². The van der Waals surface area contributed by atoms with E-state index in [4.69, 9.17) is 15.7 Å². The largest absolute Gasteiger partial charge is 0.409 e. The first-order valence-electron chi connectivity index (χ1n) is 7.25. The SMILES string of the molecule is CC(C(N)=NO)N1CCN(S(=O)(=O)C2CCOCC2)CC1. The van der Waals surface area contributed by atoms with Crippen molar-refractivity contribution >= 4 is 15.9 Å². The van der Waals surface area contributed by atoms with Gasteiger partial charge in [0.15, 0.2) is 5.84 Å². The van der Waals surface area contributed by atoms with Gasteiger partial charge in [-0.25, -0.2) is 8.42 Å². The van der Waals surface area contributed by atoms with Crippen LogP contribution >= 0.6 is 0 Å². The summed E-state index contributed by atoms with van der Waals surface area (Å²) in [6.45, 7) is 4.94. The average Bonchev–Trinajstić information content (AvgIpc) is 2.54. The zero-order valence-electron chi connectivity index (χ0n) is 12.3. The molecule has 0 aromatic carbocycles. The molecule has 0 radical (unpaired) electrons. The quantitative estimate of drug-likeness (QED) is 0.305. The summed E-state index contributed by atoms with van der Waals surface area (Å²) in [6, 6.07) is -0.192. The number of amidine groups is 1. The number of nitrogens with zero attached hydrogens (tertiary/aromatic N) is 3. The number of sulfonamides is 1. The van der Waals surface area contributed by atoms with Gasteiger partial charge >= 0.3 is 0 Å². The molecule has 1 unspecified atom stereocenters. The van der Waals surface area contributed by atoms with E-state index in [1.807, 2.05) is 11.8 Å². The Hall–Kier alpha value is -0.900. The summed E-state index contributed by atoms with van der Waals surface area (Å²) in [7, 11) is -3.24. The van der Waals surface area contributed by atoms with Gasteiger partial charge in [-0.05, 0) is 19.8 Å². The van der Waals surface area contributed by atoms with E-state index in [1.165, 1.54) is 0 Å². The summed E-state index contributed by atoms with van der Waals surface area (Å²) in [5.74, 6) is 0.149. The van der Waals surface area contributed by atoms with Gasteiger partial charge in [0.2, 0.25) is 10.0 Å². The Balaban J connectivity index is 1.94. The highest BCUT2D eigenvalue weighted by molar-refractivity contribution is 7.89. The molecule has 0 bridgehead atoms. The predicted molar refractivity (Wildman–Crippen MR) is 78.8 cm³/mol. The number of hydrogen-bond acceptors (Lipinski definition) is 6. The first kappa shape index (κ1) is 16.5. The van der Waals surface area contributed by atoms with Gasteiger partial charge in [0, 0.05) is 39.4 Å². The second-order valence-corrected chi connectivity index (χ2v) is 7.71. The molecule has 2 aliphatic rings. The average molecular weight is 320 g/mol. The van der Waals surface area contributed by atoms with Crippen LogP contribution in [0.25, 0.3) is 0 Å². The summed E-state index contributed by atoms with van der Waals surface area (Å²) in [5.41, 5.74) is 5.60. The van der Waals surface area contributed by atoms with Crippen LogP contribution < -0.4 is 5.73 Å². The van der Waals surface area contributed by atoms with Gasteiger partial charge in [0.05, 0.1) is 11.3 Å². The van der Waals surface area contributed by atoms with Crippen LogP contribution in [0.1, 0.15) is 19.8 Å². The maximum atomic E-state index is 12.6. The monoisotopic (exact) mass is 320 g/mol. The number of piperazine rings is 1. The summed E-state index contributed by atoms with van der Waals surface area (Å²) < 4.78 is 31.9. The molecule has 2 fully saturated rings. The molecular weight excluding hydrogens is 296 g/mol. The molecule has 0 saturated carbocycles. The van der Waals surface area contributed by atoms with Crippen molar-refractivity contribution in [2.24, 2.45) is 10.9 Å². The summed E-state index contributed by atoms with van der Waals surface area (Å²) in [5, 5.41) is 11.4. The van der Waals surface area contributed by atoms with Crippen LogP contribution in [0, 0.1) is 0 Å². The molecule has 2 aliphatic heterocycles. The maximum Gasteiger partial charge on any atom is 0.217 e. The highest BCUT2D eigenvalue weighted by atomic mass is 32.2. The highest BCUT2D eigenvalue weighted by Crippen LogP contribution is 2.21. The van der Waals surface area contributed by atoms with Crippen molar-refractivity contribution < 1.29 is 18.4 Å². The van der Waals surface area contributed by atoms with E-state index in [2.05, 4.69) is 5.16 Å². The summed E-state index contributed by atoms with van der Waals surface area (Å²) in [4.78, 5) is 2.02. The minimum atomic E-state index is -3.24. The Morgan fingerprint density at radius 2 is 1.86 bits per heavy atom. The molecule has 8 nitrogen and oxygen atoms in total. The number of rotatable bonds is 4.